The number of hydrogen-bond donors (Lipinski definition) is 3. The van der Waals surface area contributed by atoms with Crippen molar-refractivity contribution >= 4 is 27.7 Å². The van der Waals surface area contributed by atoms with Crippen LogP contribution in [-0.4, -0.2) is 21.1 Å². The predicted molar refractivity (Wildman–Crippen MR) is 63.8 cm³/mol. The van der Waals surface area contributed by atoms with Gasteiger partial charge < -0.3 is 4.74 Å². The second-order valence-electron chi connectivity index (χ2n) is 3.07. The van der Waals surface area contributed by atoms with Gasteiger partial charge in [0.25, 0.3) is 10.2 Å². The smallest absolute Gasteiger partial charge is 0.411 e. The van der Waals surface area contributed by atoms with Crippen molar-refractivity contribution in [2.24, 2.45) is 5.14 Å². The second-order valence-corrected chi connectivity index (χ2v) is 4.37. The van der Waals surface area contributed by atoms with Crippen LogP contribution in [0.15, 0.2) is 24.3 Å². The van der Waals surface area contributed by atoms with Gasteiger partial charge in [-0.15, -0.1) is 0 Å². The Bertz CT molecular complexity index is 501. The van der Waals surface area contributed by atoms with Crippen molar-refractivity contribution in [1.82, 2.24) is 0 Å². The number of ether oxygens (including phenoxy) is 1. The monoisotopic (exact) mass is 259 g/mol. The first-order chi connectivity index (χ1) is 7.90. The van der Waals surface area contributed by atoms with E-state index in [1.165, 1.54) is 12.1 Å². The lowest BCUT2D eigenvalue weighted by atomic mass is 10.3. The molecule has 1 aromatic carbocycles. The molecule has 1 rings (SSSR count). The third-order valence-electron chi connectivity index (χ3n) is 1.64. The molecule has 8 heteroatoms. The number of benzene rings is 1. The van der Waals surface area contributed by atoms with E-state index in [-0.39, 0.29) is 12.3 Å². The van der Waals surface area contributed by atoms with Gasteiger partial charge in [-0.2, -0.15) is 8.42 Å². The van der Waals surface area contributed by atoms with Gasteiger partial charge in [-0.1, -0.05) is 6.07 Å². The van der Waals surface area contributed by atoms with E-state index in [9.17, 15) is 13.2 Å². The van der Waals surface area contributed by atoms with E-state index in [0.717, 1.165) is 0 Å². The summed E-state index contributed by atoms with van der Waals surface area (Å²) in [6.07, 6.45) is -0.611. The minimum Gasteiger partial charge on any atom is -0.450 e. The van der Waals surface area contributed by atoms with Crippen LogP contribution in [0.4, 0.5) is 16.2 Å². The van der Waals surface area contributed by atoms with Gasteiger partial charge in [0.05, 0.1) is 12.3 Å². The summed E-state index contributed by atoms with van der Waals surface area (Å²) in [6, 6.07) is 6.07. The molecule has 0 fully saturated rings. The summed E-state index contributed by atoms with van der Waals surface area (Å²) >= 11 is 0. The molecule has 0 bridgehead atoms. The quantitative estimate of drug-likeness (QED) is 0.745. The molecule has 0 radical (unpaired) electrons. The molecule has 0 saturated carbocycles. The van der Waals surface area contributed by atoms with E-state index in [1.807, 2.05) is 0 Å². The van der Waals surface area contributed by atoms with Crippen molar-refractivity contribution in [3.05, 3.63) is 24.3 Å². The van der Waals surface area contributed by atoms with E-state index in [4.69, 9.17) is 5.14 Å². The standard InChI is InChI=1S/C9H13N3O4S/c1-2-16-9(13)11-7-4-3-5-8(6-7)12-17(10,14)15/h3-6,12H,2H2,1H3,(H,11,13)(H2,10,14,15). The van der Waals surface area contributed by atoms with Gasteiger partial charge in [-0.3, -0.25) is 10.0 Å². The molecule has 1 aromatic rings. The Morgan fingerprint density at radius 2 is 2.06 bits per heavy atom. The van der Waals surface area contributed by atoms with Crippen LogP contribution in [0.1, 0.15) is 6.92 Å². The molecule has 0 aliphatic carbocycles. The SMILES string of the molecule is CCOC(=O)Nc1cccc(NS(N)(=O)=O)c1. The van der Waals surface area contributed by atoms with Gasteiger partial charge in [0.15, 0.2) is 0 Å². The number of nitrogens with one attached hydrogen (secondary N) is 2. The normalized spacial score (nSPS) is 10.7. The molecule has 94 valence electrons. The predicted octanol–water partition coefficient (Wildman–Crippen LogP) is 0.870. The molecule has 1 amide bonds. The highest BCUT2D eigenvalue weighted by molar-refractivity contribution is 7.90. The molecule has 0 unspecified atom stereocenters. The molecule has 7 nitrogen and oxygen atoms in total. The maximum atomic E-state index is 11.1. The molecule has 17 heavy (non-hydrogen) atoms. The number of anilines is 2. The maximum Gasteiger partial charge on any atom is 0.411 e. The summed E-state index contributed by atoms with van der Waals surface area (Å²) in [6.45, 7) is 1.93. The van der Waals surface area contributed by atoms with E-state index >= 15 is 0 Å². The Morgan fingerprint density at radius 3 is 2.65 bits per heavy atom. The lowest BCUT2D eigenvalue weighted by Crippen LogP contribution is -2.21. The highest BCUT2D eigenvalue weighted by Gasteiger charge is 2.05. The molecule has 0 heterocycles. The topological polar surface area (TPSA) is 111 Å². The van der Waals surface area contributed by atoms with Crippen LogP contribution < -0.4 is 15.2 Å². The van der Waals surface area contributed by atoms with Crippen LogP contribution >= 0.6 is 0 Å². The molecule has 0 aliphatic heterocycles. The summed E-state index contributed by atoms with van der Waals surface area (Å²) in [5.74, 6) is 0. The van der Waals surface area contributed by atoms with Gasteiger partial charge in [0, 0.05) is 5.69 Å². The van der Waals surface area contributed by atoms with Crippen molar-refractivity contribution in [3.63, 3.8) is 0 Å². The summed E-state index contributed by atoms with van der Waals surface area (Å²) in [4.78, 5) is 11.1. The molecular weight excluding hydrogens is 246 g/mol. The van der Waals surface area contributed by atoms with Crippen molar-refractivity contribution in [1.29, 1.82) is 0 Å². The lowest BCUT2D eigenvalue weighted by Gasteiger charge is -2.07. The second kappa shape index (κ2) is 5.51. The van der Waals surface area contributed by atoms with Gasteiger partial charge in [0.1, 0.15) is 0 Å². The first kappa shape index (κ1) is 13.3. The number of nitrogens with two attached hydrogens (primary N) is 1. The van der Waals surface area contributed by atoms with Crippen LogP contribution in [0.2, 0.25) is 0 Å². The van der Waals surface area contributed by atoms with E-state index < -0.39 is 16.3 Å². The summed E-state index contributed by atoms with van der Waals surface area (Å²) < 4.78 is 28.3. The van der Waals surface area contributed by atoms with Crippen molar-refractivity contribution in [2.45, 2.75) is 6.92 Å². The van der Waals surface area contributed by atoms with Gasteiger partial charge in [-0.05, 0) is 25.1 Å². The molecule has 0 aliphatic rings. The Kier molecular flexibility index (Phi) is 4.30. The highest BCUT2D eigenvalue weighted by atomic mass is 32.2. The van der Waals surface area contributed by atoms with Crippen molar-refractivity contribution in [2.75, 3.05) is 16.6 Å². The Labute approximate surface area is 99.1 Å². The number of rotatable bonds is 4. The molecule has 0 aromatic heterocycles. The van der Waals surface area contributed by atoms with E-state index in [1.54, 1.807) is 19.1 Å². The van der Waals surface area contributed by atoms with Crippen LogP contribution in [-0.2, 0) is 14.9 Å². The van der Waals surface area contributed by atoms with Crippen LogP contribution in [0.3, 0.4) is 0 Å². The number of amides is 1. The zero-order valence-corrected chi connectivity index (χ0v) is 9.95. The van der Waals surface area contributed by atoms with Gasteiger partial charge in [0.2, 0.25) is 0 Å². The van der Waals surface area contributed by atoms with E-state index in [2.05, 4.69) is 14.8 Å². The average Bonchev–Trinajstić information content (AvgIpc) is 2.15. The van der Waals surface area contributed by atoms with Crippen LogP contribution in [0.5, 0.6) is 0 Å². The first-order valence-electron chi connectivity index (χ1n) is 4.75. The zero-order chi connectivity index (χ0) is 12.9. The van der Waals surface area contributed by atoms with Crippen LogP contribution in [0, 0.1) is 0 Å². The largest absolute Gasteiger partial charge is 0.450 e. The highest BCUT2D eigenvalue weighted by Crippen LogP contribution is 2.15. The molecule has 0 spiro atoms. The number of carbonyl (C=O) groups is 1. The molecular formula is C9H13N3O4S. The first-order valence-corrected chi connectivity index (χ1v) is 6.29. The van der Waals surface area contributed by atoms with Crippen LogP contribution in [0.25, 0.3) is 0 Å². The van der Waals surface area contributed by atoms with E-state index in [0.29, 0.717) is 5.69 Å². The third kappa shape index (κ3) is 5.18. The molecule has 0 saturated heterocycles. The fourth-order valence-electron chi connectivity index (χ4n) is 1.11. The number of carbonyl (C=O) groups excluding carboxylic acids is 1. The van der Waals surface area contributed by atoms with Gasteiger partial charge >= 0.3 is 6.09 Å². The lowest BCUT2D eigenvalue weighted by molar-refractivity contribution is 0.168. The Morgan fingerprint density at radius 1 is 1.41 bits per heavy atom. The molecule has 0 atom stereocenters. The number of hydrogen-bond acceptors (Lipinski definition) is 4. The fraction of sp³-hybridized carbons (Fsp3) is 0.222. The Balaban J connectivity index is 2.76. The third-order valence-corrected chi connectivity index (χ3v) is 2.16. The zero-order valence-electron chi connectivity index (χ0n) is 9.14. The fourth-order valence-corrected chi connectivity index (χ4v) is 1.57. The minimum atomic E-state index is -3.83. The summed E-state index contributed by atoms with van der Waals surface area (Å²) in [7, 11) is -3.83. The molecule has 4 N–H and O–H groups in total. The minimum absolute atomic E-state index is 0.251. The summed E-state index contributed by atoms with van der Waals surface area (Å²) in [5.41, 5.74) is 0.652. The van der Waals surface area contributed by atoms with Gasteiger partial charge in [-0.25, -0.2) is 9.93 Å². The average molecular weight is 259 g/mol. The van der Waals surface area contributed by atoms with Crippen molar-refractivity contribution in [3.8, 4) is 0 Å². The Hall–Kier alpha value is -1.80. The van der Waals surface area contributed by atoms with Crippen molar-refractivity contribution < 1.29 is 17.9 Å². The maximum absolute atomic E-state index is 11.1. The summed E-state index contributed by atoms with van der Waals surface area (Å²) in [5, 5.41) is 7.25.